The number of carbonyl (C=O) groups is 1. The first-order valence-corrected chi connectivity index (χ1v) is 12.4. The molecule has 34 heavy (non-hydrogen) atoms. The Morgan fingerprint density at radius 1 is 1.15 bits per heavy atom. The van der Waals surface area contributed by atoms with E-state index in [0.29, 0.717) is 32.1 Å². The van der Waals surface area contributed by atoms with Gasteiger partial charge in [-0.2, -0.15) is 5.10 Å². The van der Waals surface area contributed by atoms with Crippen LogP contribution in [0.1, 0.15) is 49.3 Å². The molecule has 188 valence electrons. The zero-order valence-corrected chi connectivity index (χ0v) is 21.0. The van der Waals surface area contributed by atoms with Crippen molar-refractivity contribution in [3.63, 3.8) is 0 Å². The molecule has 1 aromatic heterocycles. The largest absolute Gasteiger partial charge is 0.493 e. The van der Waals surface area contributed by atoms with Crippen molar-refractivity contribution in [2.75, 3.05) is 54.1 Å². The number of rotatable bonds is 14. The van der Waals surface area contributed by atoms with E-state index in [0.717, 1.165) is 51.1 Å². The topological polar surface area (TPSA) is 82.7 Å². The molecule has 2 aromatic rings. The van der Waals surface area contributed by atoms with Crippen LogP contribution in [0, 0.1) is 0 Å². The van der Waals surface area contributed by atoms with E-state index in [1.807, 2.05) is 48.5 Å². The average molecular weight is 472 g/mol. The Bertz CT molecular complexity index is 836. The van der Waals surface area contributed by atoms with Crippen LogP contribution in [0.3, 0.4) is 0 Å². The first kappa shape index (κ1) is 26.2. The number of aromatic nitrogens is 2. The van der Waals surface area contributed by atoms with Crippen molar-refractivity contribution in [3.05, 3.63) is 47.8 Å². The van der Waals surface area contributed by atoms with E-state index in [2.05, 4.69) is 27.5 Å². The third kappa shape index (κ3) is 7.82. The molecular formula is C26H41N5O3. The summed E-state index contributed by atoms with van der Waals surface area (Å²) in [4.78, 5) is 17.4. The minimum Gasteiger partial charge on any atom is -0.493 e. The fourth-order valence-electron chi connectivity index (χ4n) is 4.77. The summed E-state index contributed by atoms with van der Waals surface area (Å²) < 4.78 is 11.1. The van der Waals surface area contributed by atoms with Gasteiger partial charge in [-0.15, -0.1) is 0 Å². The lowest BCUT2D eigenvalue weighted by atomic mass is 9.82. The van der Waals surface area contributed by atoms with E-state index in [1.54, 1.807) is 7.11 Å². The second kappa shape index (κ2) is 14.1. The van der Waals surface area contributed by atoms with Gasteiger partial charge in [-0.1, -0.05) is 18.2 Å². The molecule has 1 heterocycles. The SMILES string of the molecule is CNCCN(C)Cc1cn[nH]c1C1CCC(N(CCOC)C(=O)CCOc2ccccc2)CC1. The highest BCUT2D eigenvalue weighted by Crippen LogP contribution is 2.35. The number of hydrogen-bond donors (Lipinski definition) is 2. The molecule has 0 unspecified atom stereocenters. The maximum absolute atomic E-state index is 13.1. The van der Waals surface area contributed by atoms with E-state index in [4.69, 9.17) is 9.47 Å². The third-order valence-electron chi connectivity index (χ3n) is 6.67. The molecule has 8 nitrogen and oxygen atoms in total. The first-order chi connectivity index (χ1) is 16.6. The number of para-hydroxylation sites is 1. The molecular weight excluding hydrogens is 430 g/mol. The fraction of sp³-hybridized carbons (Fsp3) is 0.615. The Morgan fingerprint density at radius 2 is 1.91 bits per heavy atom. The molecule has 2 N–H and O–H groups in total. The predicted octanol–water partition coefficient (Wildman–Crippen LogP) is 3.03. The highest BCUT2D eigenvalue weighted by molar-refractivity contribution is 5.76. The van der Waals surface area contributed by atoms with Crippen LogP contribution in [0.5, 0.6) is 5.75 Å². The Hall–Kier alpha value is -2.42. The number of likely N-dealkylation sites (N-methyl/N-ethyl adjacent to an activating group) is 2. The molecule has 8 heteroatoms. The molecule has 1 fully saturated rings. The van der Waals surface area contributed by atoms with Crippen LogP contribution >= 0.6 is 0 Å². The van der Waals surface area contributed by atoms with Crippen LogP contribution in [-0.2, 0) is 16.1 Å². The van der Waals surface area contributed by atoms with Crippen molar-refractivity contribution in [1.82, 2.24) is 25.3 Å². The molecule has 1 saturated carbocycles. The summed E-state index contributed by atoms with van der Waals surface area (Å²) in [6.07, 6.45) is 6.44. The van der Waals surface area contributed by atoms with E-state index < -0.39 is 0 Å². The highest BCUT2D eigenvalue weighted by atomic mass is 16.5. The van der Waals surface area contributed by atoms with Crippen LogP contribution in [-0.4, -0.2) is 86.0 Å². The van der Waals surface area contributed by atoms with E-state index in [1.165, 1.54) is 11.3 Å². The Labute approximate surface area is 204 Å². The molecule has 0 saturated heterocycles. The number of H-pyrrole nitrogens is 1. The lowest BCUT2D eigenvalue weighted by molar-refractivity contribution is -0.135. The summed E-state index contributed by atoms with van der Waals surface area (Å²) in [6.45, 7) is 4.43. The molecule has 0 aliphatic heterocycles. The molecule has 0 atom stereocenters. The minimum atomic E-state index is 0.143. The second-order valence-corrected chi connectivity index (χ2v) is 9.15. The molecule has 0 radical (unpaired) electrons. The Kier molecular flexibility index (Phi) is 10.9. The summed E-state index contributed by atoms with van der Waals surface area (Å²) >= 11 is 0. The number of methoxy groups -OCH3 is 1. The zero-order chi connectivity index (χ0) is 24.2. The van der Waals surface area contributed by atoms with Crippen molar-refractivity contribution in [1.29, 1.82) is 0 Å². The monoisotopic (exact) mass is 471 g/mol. The van der Waals surface area contributed by atoms with Gasteiger partial charge in [0.05, 0.1) is 25.8 Å². The maximum Gasteiger partial charge on any atom is 0.226 e. The van der Waals surface area contributed by atoms with Crippen molar-refractivity contribution < 1.29 is 14.3 Å². The van der Waals surface area contributed by atoms with Gasteiger partial charge < -0.3 is 24.6 Å². The van der Waals surface area contributed by atoms with Crippen molar-refractivity contribution in [3.8, 4) is 5.75 Å². The van der Waals surface area contributed by atoms with Crippen molar-refractivity contribution in [2.24, 2.45) is 0 Å². The number of aromatic amines is 1. The van der Waals surface area contributed by atoms with Crippen LogP contribution in [0.2, 0.25) is 0 Å². The number of carbonyl (C=O) groups excluding carboxylic acids is 1. The lowest BCUT2D eigenvalue weighted by Crippen LogP contribution is -2.44. The molecule has 1 aliphatic rings. The summed E-state index contributed by atoms with van der Waals surface area (Å²) in [5, 5.41) is 10.8. The van der Waals surface area contributed by atoms with E-state index in [9.17, 15) is 4.79 Å². The normalized spacial score (nSPS) is 18.2. The second-order valence-electron chi connectivity index (χ2n) is 9.15. The smallest absolute Gasteiger partial charge is 0.226 e. The minimum absolute atomic E-state index is 0.143. The van der Waals surface area contributed by atoms with Gasteiger partial charge in [0.25, 0.3) is 0 Å². The molecule has 0 spiro atoms. The van der Waals surface area contributed by atoms with Crippen molar-refractivity contribution >= 4 is 5.91 Å². The van der Waals surface area contributed by atoms with Gasteiger partial charge in [0.15, 0.2) is 0 Å². The zero-order valence-electron chi connectivity index (χ0n) is 21.0. The molecule has 1 amide bonds. The number of amides is 1. The first-order valence-electron chi connectivity index (χ1n) is 12.4. The predicted molar refractivity (Wildman–Crippen MR) is 134 cm³/mol. The van der Waals surface area contributed by atoms with Gasteiger partial charge in [0.2, 0.25) is 5.91 Å². The molecule has 0 bridgehead atoms. The van der Waals surface area contributed by atoms with Gasteiger partial charge in [-0.05, 0) is 51.9 Å². The number of benzene rings is 1. The van der Waals surface area contributed by atoms with Gasteiger partial charge in [-0.3, -0.25) is 9.89 Å². The van der Waals surface area contributed by atoms with Gasteiger partial charge in [0.1, 0.15) is 5.75 Å². The van der Waals surface area contributed by atoms with Gasteiger partial charge >= 0.3 is 0 Å². The van der Waals surface area contributed by atoms with Crippen LogP contribution < -0.4 is 10.1 Å². The lowest BCUT2D eigenvalue weighted by Gasteiger charge is -2.37. The number of nitrogens with one attached hydrogen (secondary N) is 2. The number of hydrogen-bond acceptors (Lipinski definition) is 6. The van der Waals surface area contributed by atoms with Crippen molar-refractivity contribution in [2.45, 2.75) is 50.6 Å². The maximum atomic E-state index is 13.1. The summed E-state index contributed by atoms with van der Waals surface area (Å²) in [7, 11) is 5.81. The third-order valence-corrected chi connectivity index (χ3v) is 6.67. The molecule has 1 aliphatic carbocycles. The van der Waals surface area contributed by atoms with Crippen LogP contribution in [0.15, 0.2) is 36.5 Å². The van der Waals surface area contributed by atoms with E-state index in [-0.39, 0.29) is 11.9 Å². The quantitative estimate of drug-likeness (QED) is 0.441. The van der Waals surface area contributed by atoms with Gasteiger partial charge in [0, 0.05) is 56.5 Å². The summed E-state index contributed by atoms with van der Waals surface area (Å²) in [5.41, 5.74) is 2.55. The summed E-state index contributed by atoms with van der Waals surface area (Å²) in [6, 6.07) is 9.90. The fourth-order valence-corrected chi connectivity index (χ4v) is 4.77. The Morgan fingerprint density at radius 3 is 2.62 bits per heavy atom. The highest BCUT2D eigenvalue weighted by Gasteiger charge is 2.30. The van der Waals surface area contributed by atoms with Gasteiger partial charge in [-0.25, -0.2) is 0 Å². The number of nitrogens with zero attached hydrogens (tertiary/aromatic N) is 3. The summed E-state index contributed by atoms with van der Waals surface area (Å²) in [5.74, 6) is 1.41. The molecule has 1 aromatic carbocycles. The molecule has 3 rings (SSSR count). The van der Waals surface area contributed by atoms with E-state index >= 15 is 0 Å². The van der Waals surface area contributed by atoms with Crippen LogP contribution in [0.4, 0.5) is 0 Å². The standard InChI is InChI=1S/C26H41N5O3/c1-27-14-15-30(2)20-22-19-28-29-26(22)21-9-11-23(12-10-21)31(16-18-33-3)25(32)13-17-34-24-7-5-4-6-8-24/h4-8,19,21,23,27H,9-18,20H2,1-3H3,(H,28,29). The van der Waals surface area contributed by atoms with Crippen LogP contribution in [0.25, 0.3) is 0 Å². The average Bonchev–Trinajstić information content (AvgIpc) is 3.32. The Balaban J connectivity index is 1.52. The number of ether oxygens (including phenoxy) is 2.